The first-order chi connectivity index (χ1) is 27.5. The van der Waals surface area contributed by atoms with Gasteiger partial charge in [0, 0.05) is 12.8 Å². The Kier molecular flexibility index (Phi) is 44.7. The highest BCUT2D eigenvalue weighted by Crippen LogP contribution is 2.15. The van der Waals surface area contributed by atoms with Crippen molar-refractivity contribution >= 4 is 11.9 Å². The third-order valence-electron chi connectivity index (χ3n) is 11.2. The molecule has 330 valence electrons. The van der Waals surface area contributed by atoms with Crippen LogP contribution in [0.25, 0.3) is 0 Å². The molecule has 0 radical (unpaired) electrons. The number of allylic oxidation sites excluding steroid dienone is 3. The van der Waals surface area contributed by atoms with E-state index in [1.54, 1.807) is 6.08 Å². The van der Waals surface area contributed by atoms with Crippen molar-refractivity contribution < 1.29 is 24.5 Å². The number of hydrogen-bond acceptors (Lipinski definition) is 5. The molecule has 0 saturated heterocycles. The smallest absolute Gasteiger partial charge is 0.305 e. The summed E-state index contributed by atoms with van der Waals surface area (Å²) in [5, 5.41) is 23.0. The van der Waals surface area contributed by atoms with Crippen LogP contribution in [0.15, 0.2) is 24.3 Å². The van der Waals surface area contributed by atoms with Crippen LogP contribution >= 0.6 is 0 Å². The number of nitrogens with one attached hydrogen (secondary N) is 1. The molecule has 0 aliphatic rings. The van der Waals surface area contributed by atoms with E-state index in [9.17, 15) is 19.8 Å². The van der Waals surface area contributed by atoms with Crippen LogP contribution in [-0.2, 0) is 14.3 Å². The molecular weight excluding hydrogens is 695 g/mol. The molecule has 0 fully saturated rings. The lowest BCUT2D eigenvalue weighted by Gasteiger charge is -2.20. The van der Waals surface area contributed by atoms with Crippen LogP contribution in [0.5, 0.6) is 0 Å². The first kappa shape index (κ1) is 54.3. The fraction of sp³-hybridized carbons (Fsp3) is 0.880. The van der Waals surface area contributed by atoms with E-state index in [0.717, 1.165) is 77.0 Å². The molecule has 3 N–H and O–H groups in total. The van der Waals surface area contributed by atoms with Gasteiger partial charge in [0.1, 0.15) is 0 Å². The third kappa shape index (κ3) is 42.0. The summed E-state index contributed by atoms with van der Waals surface area (Å²) in [6, 6.07) is -0.651. The summed E-state index contributed by atoms with van der Waals surface area (Å²) in [5.41, 5.74) is 0. The van der Waals surface area contributed by atoms with E-state index in [2.05, 4.69) is 31.3 Å². The lowest BCUT2D eigenvalue weighted by atomic mass is 10.0. The van der Waals surface area contributed by atoms with Crippen LogP contribution < -0.4 is 5.32 Å². The van der Waals surface area contributed by atoms with Gasteiger partial charge in [-0.2, -0.15) is 0 Å². The maximum Gasteiger partial charge on any atom is 0.305 e. The fourth-order valence-corrected chi connectivity index (χ4v) is 7.39. The largest absolute Gasteiger partial charge is 0.466 e. The van der Waals surface area contributed by atoms with Crippen molar-refractivity contribution in [3.05, 3.63) is 24.3 Å². The van der Waals surface area contributed by atoms with Gasteiger partial charge in [0.05, 0.1) is 25.4 Å². The average Bonchev–Trinajstić information content (AvgIpc) is 3.20. The molecular formula is C50H95NO5. The van der Waals surface area contributed by atoms with Crippen LogP contribution in [-0.4, -0.2) is 47.4 Å². The van der Waals surface area contributed by atoms with E-state index in [0.29, 0.717) is 19.4 Å². The van der Waals surface area contributed by atoms with Crippen LogP contribution in [0, 0.1) is 0 Å². The Morgan fingerprint density at radius 2 is 0.839 bits per heavy atom. The first-order valence-electron chi connectivity index (χ1n) is 24.6. The van der Waals surface area contributed by atoms with Gasteiger partial charge in [-0.15, -0.1) is 0 Å². The summed E-state index contributed by atoms with van der Waals surface area (Å²) in [4.78, 5) is 24.4. The Balaban J connectivity index is 3.54. The monoisotopic (exact) mass is 790 g/mol. The summed E-state index contributed by atoms with van der Waals surface area (Å²) in [5.74, 6) is -0.140. The predicted molar refractivity (Wildman–Crippen MR) is 241 cm³/mol. The van der Waals surface area contributed by atoms with Gasteiger partial charge in [-0.1, -0.05) is 212 Å². The Morgan fingerprint density at radius 1 is 0.482 bits per heavy atom. The molecule has 1 amide bonds. The number of unbranched alkanes of at least 4 members (excludes halogenated alkanes) is 32. The molecule has 0 aromatic heterocycles. The molecule has 56 heavy (non-hydrogen) atoms. The van der Waals surface area contributed by atoms with Crippen molar-refractivity contribution in [2.24, 2.45) is 0 Å². The molecule has 2 unspecified atom stereocenters. The molecule has 2 atom stereocenters. The van der Waals surface area contributed by atoms with E-state index in [1.165, 1.54) is 154 Å². The summed E-state index contributed by atoms with van der Waals surface area (Å²) >= 11 is 0. The predicted octanol–water partition coefficient (Wildman–Crippen LogP) is 14.3. The summed E-state index contributed by atoms with van der Waals surface area (Å²) in [6.07, 6.45) is 53.2. The zero-order valence-electron chi connectivity index (χ0n) is 37.4. The Labute approximate surface area is 348 Å². The zero-order chi connectivity index (χ0) is 40.8. The molecule has 0 spiro atoms. The highest BCUT2D eigenvalue weighted by atomic mass is 16.5. The fourth-order valence-electron chi connectivity index (χ4n) is 7.39. The van der Waals surface area contributed by atoms with E-state index >= 15 is 0 Å². The van der Waals surface area contributed by atoms with E-state index in [-0.39, 0.29) is 18.5 Å². The van der Waals surface area contributed by atoms with Gasteiger partial charge in [-0.05, 0) is 57.8 Å². The van der Waals surface area contributed by atoms with Crippen LogP contribution in [0.4, 0.5) is 0 Å². The molecule has 0 aliphatic heterocycles. The van der Waals surface area contributed by atoms with Crippen molar-refractivity contribution in [2.75, 3.05) is 13.2 Å². The number of carbonyl (C=O) groups excluding carboxylic acids is 2. The van der Waals surface area contributed by atoms with Gasteiger partial charge in [-0.3, -0.25) is 9.59 Å². The normalized spacial score (nSPS) is 12.9. The van der Waals surface area contributed by atoms with Crippen LogP contribution in [0.1, 0.15) is 258 Å². The second kappa shape index (κ2) is 46.0. The van der Waals surface area contributed by atoms with Crippen LogP contribution in [0.3, 0.4) is 0 Å². The first-order valence-corrected chi connectivity index (χ1v) is 24.6. The van der Waals surface area contributed by atoms with E-state index in [1.807, 2.05) is 6.08 Å². The molecule has 0 heterocycles. The second-order valence-corrected chi connectivity index (χ2v) is 16.8. The van der Waals surface area contributed by atoms with E-state index in [4.69, 9.17) is 4.74 Å². The lowest BCUT2D eigenvalue weighted by Crippen LogP contribution is -2.45. The number of esters is 1. The van der Waals surface area contributed by atoms with Gasteiger partial charge >= 0.3 is 5.97 Å². The van der Waals surface area contributed by atoms with Gasteiger partial charge in [0.2, 0.25) is 5.91 Å². The van der Waals surface area contributed by atoms with Gasteiger partial charge in [0.15, 0.2) is 0 Å². The van der Waals surface area contributed by atoms with Gasteiger partial charge in [0.25, 0.3) is 0 Å². The maximum atomic E-state index is 12.4. The van der Waals surface area contributed by atoms with Gasteiger partial charge < -0.3 is 20.3 Å². The standard InChI is InChI=1S/C50H95NO5/c1-3-5-7-9-11-13-15-17-18-19-21-23-28-32-36-40-44-50(55)56-45-41-37-33-29-25-24-27-31-35-39-43-49(54)51-47(46-52)48(53)42-38-34-30-26-22-20-16-14-12-10-8-6-4-2/h25,29,38,42,47-48,52-53H,3-24,26-28,30-37,39-41,43-46H2,1-2H3,(H,51,54)/b29-25-,42-38+. The van der Waals surface area contributed by atoms with Crippen LogP contribution in [0.2, 0.25) is 0 Å². The molecule has 0 aliphatic carbocycles. The number of aliphatic hydroxyl groups is 2. The molecule has 6 nitrogen and oxygen atoms in total. The second-order valence-electron chi connectivity index (χ2n) is 16.8. The Hall–Kier alpha value is -1.66. The highest BCUT2D eigenvalue weighted by molar-refractivity contribution is 5.76. The van der Waals surface area contributed by atoms with Crippen molar-refractivity contribution in [1.29, 1.82) is 0 Å². The number of carbonyl (C=O) groups is 2. The molecule has 0 saturated carbocycles. The zero-order valence-corrected chi connectivity index (χ0v) is 37.4. The number of ether oxygens (including phenoxy) is 1. The summed E-state index contributed by atoms with van der Waals surface area (Å²) < 4.78 is 5.43. The molecule has 6 heteroatoms. The SMILES string of the molecule is CCCCCCCCCCCCC/C=C/C(O)C(CO)NC(=O)CCCCCC/C=C\CCCCOC(=O)CCCCCCCCCCCCCCCCCC. The minimum absolute atomic E-state index is 0.0356. The quantitative estimate of drug-likeness (QED) is 0.0324. The van der Waals surface area contributed by atoms with E-state index < -0.39 is 12.1 Å². The Morgan fingerprint density at radius 3 is 1.27 bits per heavy atom. The van der Waals surface area contributed by atoms with Gasteiger partial charge in [-0.25, -0.2) is 0 Å². The molecule has 0 bridgehead atoms. The number of aliphatic hydroxyl groups excluding tert-OH is 2. The summed E-state index contributed by atoms with van der Waals surface area (Å²) in [7, 11) is 0. The minimum atomic E-state index is -0.864. The topological polar surface area (TPSA) is 95.9 Å². The average molecular weight is 790 g/mol. The minimum Gasteiger partial charge on any atom is -0.466 e. The third-order valence-corrected chi connectivity index (χ3v) is 11.2. The van der Waals surface area contributed by atoms with Crippen molar-refractivity contribution in [3.63, 3.8) is 0 Å². The number of hydrogen-bond donors (Lipinski definition) is 3. The van der Waals surface area contributed by atoms with Crippen molar-refractivity contribution in [2.45, 2.75) is 270 Å². The molecule has 0 aromatic rings. The highest BCUT2D eigenvalue weighted by Gasteiger charge is 2.18. The van der Waals surface area contributed by atoms with Crippen molar-refractivity contribution in [1.82, 2.24) is 5.32 Å². The molecule has 0 rings (SSSR count). The molecule has 0 aromatic carbocycles. The number of amides is 1. The lowest BCUT2D eigenvalue weighted by molar-refractivity contribution is -0.143. The van der Waals surface area contributed by atoms with Crippen molar-refractivity contribution in [3.8, 4) is 0 Å². The maximum absolute atomic E-state index is 12.4. The Bertz CT molecular complexity index is 874. The summed E-state index contributed by atoms with van der Waals surface area (Å²) in [6.45, 7) is 4.81. The number of rotatable bonds is 45.